The van der Waals surface area contributed by atoms with Gasteiger partial charge in [0.15, 0.2) is 18.2 Å². The number of Topliss-reactive ketones (excluding diaryl/α,β-unsaturated/α-hetero) is 2. The van der Waals surface area contributed by atoms with E-state index in [1.807, 2.05) is 25.1 Å². The average molecular weight is 626 g/mol. The largest absolute Gasteiger partial charge is 0.483 e. The predicted octanol–water partition coefficient (Wildman–Crippen LogP) is 7.40. The molecule has 0 radical (unpaired) electrons. The minimum atomic E-state index is -0.432. The molecule has 0 fully saturated rings. The van der Waals surface area contributed by atoms with E-state index >= 15 is 0 Å². The number of carbonyl (C=O) groups is 3. The van der Waals surface area contributed by atoms with E-state index in [1.165, 1.54) is 0 Å². The number of hydrogen-bond donors (Lipinski definition) is 2. The summed E-state index contributed by atoms with van der Waals surface area (Å²) in [4.78, 5) is 39.6. The molecular formula is C32H34BrClN2O4. The second-order valence-corrected chi connectivity index (χ2v) is 14.0. The molecule has 0 aromatic heterocycles. The van der Waals surface area contributed by atoms with E-state index < -0.39 is 5.92 Å². The van der Waals surface area contributed by atoms with Crippen molar-refractivity contribution in [2.24, 2.45) is 10.8 Å². The molecule has 8 heteroatoms. The first-order chi connectivity index (χ1) is 18.7. The lowest BCUT2D eigenvalue weighted by atomic mass is 9.64. The Morgan fingerprint density at radius 1 is 0.975 bits per heavy atom. The van der Waals surface area contributed by atoms with Gasteiger partial charge in [-0.05, 0) is 81.9 Å². The van der Waals surface area contributed by atoms with Crippen molar-refractivity contribution in [3.63, 3.8) is 0 Å². The fourth-order valence-electron chi connectivity index (χ4n) is 6.05. The number of halogens is 2. The number of carbonyl (C=O) groups excluding carboxylic acids is 3. The molecule has 2 N–H and O–H groups in total. The van der Waals surface area contributed by atoms with Gasteiger partial charge in [0, 0.05) is 52.0 Å². The van der Waals surface area contributed by atoms with Gasteiger partial charge in [0.1, 0.15) is 5.75 Å². The number of ketones is 2. The zero-order valence-electron chi connectivity index (χ0n) is 23.5. The summed E-state index contributed by atoms with van der Waals surface area (Å²) in [6.45, 7) is 10.1. The molecule has 0 bridgehead atoms. The SMILES string of the molecule is Cc1ccc(NC(=O)COc2ccc(C3C4=C(CC(C)(C)CC4=O)NC4=C3C(=O)CC(C)(C)C4)cc2Br)cc1Cl. The Bertz CT molecular complexity index is 1450. The van der Waals surface area contributed by atoms with Crippen LogP contribution in [0.3, 0.4) is 0 Å². The van der Waals surface area contributed by atoms with Crippen LogP contribution in [0.1, 0.15) is 70.4 Å². The summed E-state index contributed by atoms with van der Waals surface area (Å²) >= 11 is 9.76. The summed E-state index contributed by atoms with van der Waals surface area (Å²) in [5, 5.41) is 6.91. The van der Waals surface area contributed by atoms with Gasteiger partial charge >= 0.3 is 0 Å². The van der Waals surface area contributed by atoms with Crippen molar-refractivity contribution >= 4 is 50.7 Å². The van der Waals surface area contributed by atoms with Gasteiger partial charge in [0.25, 0.3) is 5.91 Å². The molecule has 0 spiro atoms. The second-order valence-electron chi connectivity index (χ2n) is 12.7. The third-order valence-electron chi connectivity index (χ3n) is 7.82. The van der Waals surface area contributed by atoms with Crippen LogP contribution in [0.5, 0.6) is 5.75 Å². The number of anilines is 1. The average Bonchev–Trinajstić information content (AvgIpc) is 2.82. The number of benzene rings is 2. The summed E-state index contributed by atoms with van der Waals surface area (Å²) in [5.41, 5.74) is 5.33. The number of rotatable bonds is 5. The minimum absolute atomic E-state index is 0.0808. The number of hydrogen-bond acceptors (Lipinski definition) is 5. The molecule has 2 aromatic rings. The fraction of sp³-hybridized carbons (Fsp3) is 0.406. The van der Waals surface area contributed by atoms with Crippen molar-refractivity contribution in [1.29, 1.82) is 0 Å². The number of amides is 1. The maximum absolute atomic E-state index is 13.5. The Hall–Kier alpha value is -2.90. The van der Waals surface area contributed by atoms with E-state index in [1.54, 1.807) is 18.2 Å². The normalized spacial score (nSPS) is 20.1. The Morgan fingerprint density at radius 2 is 1.57 bits per heavy atom. The summed E-state index contributed by atoms with van der Waals surface area (Å²) in [7, 11) is 0. The summed E-state index contributed by atoms with van der Waals surface area (Å²) < 4.78 is 6.46. The highest BCUT2D eigenvalue weighted by Crippen LogP contribution is 2.51. The lowest BCUT2D eigenvalue weighted by molar-refractivity contribution is -0.119. The second kappa shape index (κ2) is 10.5. The minimum Gasteiger partial charge on any atom is -0.483 e. The summed E-state index contributed by atoms with van der Waals surface area (Å²) in [6, 6.07) is 10.9. The van der Waals surface area contributed by atoms with Crippen LogP contribution < -0.4 is 15.4 Å². The molecule has 3 aliphatic rings. The topological polar surface area (TPSA) is 84.5 Å². The van der Waals surface area contributed by atoms with Crippen molar-refractivity contribution in [3.8, 4) is 5.75 Å². The van der Waals surface area contributed by atoms with Crippen molar-refractivity contribution < 1.29 is 19.1 Å². The lowest BCUT2D eigenvalue weighted by Crippen LogP contribution is -2.42. The first-order valence-electron chi connectivity index (χ1n) is 13.5. The van der Waals surface area contributed by atoms with Gasteiger partial charge in [-0.1, -0.05) is 51.4 Å². The molecule has 2 aromatic carbocycles. The molecule has 2 aliphatic carbocycles. The lowest BCUT2D eigenvalue weighted by Gasteiger charge is -2.44. The van der Waals surface area contributed by atoms with E-state index in [9.17, 15) is 14.4 Å². The molecule has 0 saturated heterocycles. The Morgan fingerprint density at radius 3 is 2.12 bits per heavy atom. The van der Waals surface area contributed by atoms with E-state index in [0.717, 1.165) is 35.4 Å². The van der Waals surface area contributed by atoms with Gasteiger partial charge in [0.2, 0.25) is 0 Å². The number of dihydropyridines is 1. The number of aryl methyl sites for hydroxylation is 1. The molecule has 210 valence electrons. The van der Waals surface area contributed by atoms with E-state index in [-0.39, 0.29) is 34.9 Å². The zero-order chi connectivity index (χ0) is 29.0. The van der Waals surface area contributed by atoms with Crippen molar-refractivity contribution in [1.82, 2.24) is 5.32 Å². The third-order valence-corrected chi connectivity index (χ3v) is 8.85. The van der Waals surface area contributed by atoms with Crippen molar-refractivity contribution in [2.75, 3.05) is 11.9 Å². The number of allylic oxidation sites excluding steroid dienone is 4. The van der Waals surface area contributed by atoms with Gasteiger partial charge in [-0.2, -0.15) is 0 Å². The van der Waals surface area contributed by atoms with Crippen LogP contribution in [0.25, 0.3) is 0 Å². The first-order valence-corrected chi connectivity index (χ1v) is 14.7. The first kappa shape index (κ1) is 28.6. The van der Waals surface area contributed by atoms with Gasteiger partial charge in [-0.15, -0.1) is 0 Å². The standard InChI is InChI=1S/C32H34BrClN2O4/c1-17-6-8-19(11-21(17)34)35-27(39)16-40-26-9-7-18(10-20(26)33)28-29-22(12-31(2,3)14-24(29)37)36-23-13-32(4,5)15-25(38)30(23)28/h6-11,28,36H,12-16H2,1-5H3,(H,35,39). The highest BCUT2D eigenvalue weighted by atomic mass is 79.9. The van der Waals surface area contributed by atoms with Crippen LogP contribution >= 0.6 is 27.5 Å². The van der Waals surface area contributed by atoms with E-state index in [4.69, 9.17) is 16.3 Å². The molecule has 40 heavy (non-hydrogen) atoms. The monoisotopic (exact) mass is 624 g/mol. The molecule has 0 atom stereocenters. The Kier molecular flexibility index (Phi) is 7.51. The van der Waals surface area contributed by atoms with Crippen molar-refractivity contribution in [2.45, 2.75) is 66.2 Å². The molecule has 0 saturated carbocycles. The van der Waals surface area contributed by atoms with E-state index in [2.05, 4.69) is 54.3 Å². The molecule has 1 aliphatic heterocycles. The molecular weight excluding hydrogens is 592 g/mol. The quantitative estimate of drug-likeness (QED) is 0.362. The van der Waals surface area contributed by atoms with Crippen LogP contribution in [0.2, 0.25) is 5.02 Å². The fourth-order valence-corrected chi connectivity index (χ4v) is 6.74. The molecule has 1 heterocycles. The summed E-state index contributed by atoms with van der Waals surface area (Å²) in [6.07, 6.45) is 2.38. The highest BCUT2D eigenvalue weighted by molar-refractivity contribution is 9.10. The highest BCUT2D eigenvalue weighted by Gasteiger charge is 2.46. The Labute approximate surface area is 248 Å². The van der Waals surface area contributed by atoms with Crippen LogP contribution in [0.15, 0.2) is 63.4 Å². The van der Waals surface area contributed by atoms with Gasteiger partial charge < -0.3 is 15.4 Å². The van der Waals surface area contributed by atoms with Crippen LogP contribution in [-0.4, -0.2) is 24.1 Å². The zero-order valence-corrected chi connectivity index (χ0v) is 25.8. The summed E-state index contributed by atoms with van der Waals surface area (Å²) in [5.74, 6) is -0.0945. The maximum atomic E-state index is 13.5. The molecule has 1 amide bonds. The van der Waals surface area contributed by atoms with E-state index in [0.29, 0.717) is 44.9 Å². The number of ether oxygens (including phenoxy) is 1. The molecule has 6 nitrogen and oxygen atoms in total. The van der Waals surface area contributed by atoms with Crippen LogP contribution in [0.4, 0.5) is 5.69 Å². The van der Waals surface area contributed by atoms with Crippen molar-refractivity contribution in [3.05, 3.63) is 79.6 Å². The van der Waals surface area contributed by atoms with Gasteiger partial charge in [-0.25, -0.2) is 0 Å². The Balaban J connectivity index is 1.42. The number of nitrogens with one attached hydrogen (secondary N) is 2. The van der Waals surface area contributed by atoms with Crippen LogP contribution in [0, 0.1) is 17.8 Å². The third kappa shape index (κ3) is 5.77. The predicted molar refractivity (Wildman–Crippen MR) is 160 cm³/mol. The smallest absolute Gasteiger partial charge is 0.262 e. The van der Waals surface area contributed by atoms with Crippen LogP contribution in [-0.2, 0) is 14.4 Å². The maximum Gasteiger partial charge on any atom is 0.262 e. The molecule has 0 unspecified atom stereocenters. The van der Waals surface area contributed by atoms with Gasteiger partial charge in [0.05, 0.1) is 4.47 Å². The molecule has 5 rings (SSSR count). The van der Waals surface area contributed by atoms with Gasteiger partial charge in [-0.3, -0.25) is 14.4 Å².